The van der Waals surface area contributed by atoms with Crippen LogP contribution in [0, 0.1) is 0 Å². The van der Waals surface area contributed by atoms with Crippen molar-refractivity contribution in [2.24, 2.45) is 0 Å². The van der Waals surface area contributed by atoms with E-state index in [9.17, 15) is 9.59 Å². The second kappa shape index (κ2) is 7.40. The number of rotatable bonds is 7. The summed E-state index contributed by atoms with van der Waals surface area (Å²) < 4.78 is 11.2. The summed E-state index contributed by atoms with van der Waals surface area (Å²) in [6.07, 6.45) is 1.63. The minimum Gasteiger partial charge on any atom is -0.468 e. The molecule has 0 aliphatic rings. The van der Waals surface area contributed by atoms with E-state index in [0.717, 1.165) is 0 Å². The van der Waals surface area contributed by atoms with Crippen LogP contribution in [0.4, 0.5) is 5.82 Å². The number of esters is 1. The lowest BCUT2D eigenvalue weighted by Crippen LogP contribution is -2.23. The van der Waals surface area contributed by atoms with Gasteiger partial charge in [-0.05, 0) is 19.8 Å². The molecular weight excluding hydrogens is 250 g/mol. The minimum absolute atomic E-state index is 0.129. The molecule has 7 nitrogen and oxygen atoms in total. The number of carbonyl (C=O) groups is 1. The number of hydrogen-bond acceptors (Lipinski definition) is 6. The molecule has 0 aromatic carbocycles. The molecule has 0 atom stereocenters. The molecule has 1 aromatic heterocycles. The van der Waals surface area contributed by atoms with Crippen LogP contribution in [0.3, 0.4) is 0 Å². The summed E-state index contributed by atoms with van der Waals surface area (Å²) in [6, 6.07) is 1.43. The molecule has 2 N–H and O–H groups in total. The monoisotopic (exact) mass is 269 g/mol. The number of anilines is 1. The number of hydrogen-bond donors (Lipinski definition) is 1. The molecule has 1 rings (SSSR count). The van der Waals surface area contributed by atoms with E-state index in [1.165, 1.54) is 17.7 Å². The van der Waals surface area contributed by atoms with Gasteiger partial charge in [0.05, 0.1) is 13.7 Å². The number of nitrogens with zero attached hydrogens (tertiary/aromatic N) is 2. The number of nitrogen functional groups attached to an aromatic ring is 1. The predicted molar refractivity (Wildman–Crippen MR) is 69.9 cm³/mol. The molecule has 0 saturated carbocycles. The first kappa shape index (κ1) is 15.0. The Kier molecular flexibility index (Phi) is 5.84. The van der Waals surface area contributed by atoms with E-state index in [2.05, 4.69) is 4.98 Å². The van der Waals surface area contributed by atoms with Crippen molar-refractivity contribution in [2.75, 3.05) is 19.5 Å². The smallest absolute Gasteiger partial charge is 0.305 e. The van der Waals surface area contributed by atoms with E-state index in [1.807, 2.05) is 0 Å². The van der Waals surface area contributed by atoms with Gasteiger partial charge in [-0.3, -0.25) is 14.2 Å². The minimum atomic E-state index is -0.263. The maximum atomic E-state index is 11.7. The summed E-state index contributed by atoms with van der Waals surface area (Å²) in [5.41, 5.74) is 5.20. The maximum Gasteiger partial charge on any atom is 0.305 e. The maximum absolute atomic E-state index is 11.7. The SMILES string of the molecule is CCOC(=O)CCCCn1c(OC)nc(N)cc1=O. The first-order chi connectivity index (χ1) is 9.08. The highest BCUT2D eigenvalue weighted by Gasteiger charge is 2.08. The van der Waals surface area contributed by atoms with Gasteiger partial charge in [0.2, 0.25) is 0 Å². The molecule has 0 saturated heterocycles. The molecule has 0 spiro atoms. The number of aromatic nitrogens is 2. The number of carbonyl (C=O) groups excluding carboxylic acids is 1. The molecule has 0 unspecified atom stereocenters. The number of ether oxygens (including phenoxy) is 2. The first-order valence-corrected chi connectivity index (χ1v) is 6.15. The molecule has 1 aromatic rings. The Bertz CT molecular complexity index is 484. The van der Waals surface area contributed by atoms with Gasteiger partial charge in [-0.1, -0.05) is 0 Å². The van der Waals surface area contributed by atoms with Crippen LogP contribution in [0.25, 0.3) is 0 Å². The van der Waals surface area contributed by atoms with E-state index >= 15 is 0 Å². The summed E-state index contributed by atoms with van der Waals surface area (Å²) in [4.78, 5) is 26.8. The van der Waals surface area contributed by atoms with E-state index in [0.29, 0.717) is 32.4 Å². The van der Waals surface area contributed by atoms with Crippen molar-refractivity contribution in [3.63, 3.8) is 0 Å². The summed E-state index contributed by atoms with van der Waals surface area (Å²) in [6.45, 7) is 2.57. The van der Waals surface area contributed by atoms with Crippen LogP contribution in [-0.2, 0) is 16.1 Å². The Hall–Kier alpha value is -2.05. The van der Waals surface area contributed by atoms with Crippen molar-refractivity contribution < 1.29 is 14.3 Å². The number of nitrogens with two attached hydrogens (primary N) is 1. The fourth-order valence-electron chi connectivity index (χ4n) is 1.64. The van der Waals surface area contributed by atoms with Crippen molar-refractivity contribution >= 4 is 11.8 Å². The van der Waals surface area contributed by atoms with Crippen LogP contribution in [0.15, 0.2) is 10.9 Å². The van der Waals surface area contributed by atoms with Crippen molar-refractivity contribution in [1.29, 1.82) is 0 Å². The van der Waals surface area contributed by atoms with Gasteiger partial charge in [-0.25, -0.2) is 0 Å². The highest BCUT2D eigenvalue weighted by molar-refractivity contribution is 5.69. The molecular formula is C12H19N3O4. The van der Waals surface area contributed by atoms with E-state index in [4.69, 9.17) is 15.2 Å². The predicted octanol–water partition coefficient (Wildman–Crippen LogP) is 0.568. The van der Waals surface area contributed by atoms with E-state index in [-0.39, 0.29) is 23.4 Å². The highest BCUT2D eigenvalue weighted by Crippen LogP contribution is 2.08. The molecule has 0 fully saturated rings. The molecule has 0 amide bonds. The van der Waals surface area contributed by atoms with Crippen LogP contribution in [0.2, 0.25) is 0 Å². The van der Waals surface area contributed by atoms with Crippen molar-refractivity contribution in [2.45, 2.75) is 32.7 Å². The second-order valence-corrected chi connectivity index (χ2v) is 3.92. The van der Waals surface area contributed by atoms with E-state index in [1.54, 1.807) is 6.92 Å². The van der Waals surface area contributed by atoms with Gasteiger partial charge in [0.15, 0.2) is 0 Å². The fraction of sp³-hybridized carbons (Fsp3) is 0.583. The molecule has 1 heterocycles. The van der Waals surface area contributed by atoms with Crippen molar-refractivity contribution in [3.8, 4) is 6.01 Å². The summed E-state index contributed by atoms with van der Waals surface area (Å²) in [5, 5.41) is 0. The average Bonchev–Trinajstić information content (AvgIpc) is 2.36. The highest BCUT2D eigenvalue weighted by atomic mass is 16.5. The first-order valence-electron chi connectivity index (χ1n) is 6.15. The summed E-state index contributed by atoms with van der Waals surface area (Å²) >= 11 is 0. The van der Waals surface area contributed by atoms with Gasteiger partial charge >= 0.3 is 12.0 Å². The van der Waals surface area contributed by atoms with Crippen LogP contribution in [0.1, 0.15) is 26.2 Å². The molecule has 0 bridgehead atoms. The Morgan fingerprint density at radius 3 is 2.84 bits per heavy atom. The lowest BCUT2D eigenvalue weighted by molar-refractivity contribution is -0.143. The van der Waals surface area contributed by atoms with Gasteiger partial charge in [-0.15, -0.1) is 0 Å². The number of unbranched alkanes of at least 4 members (excludes halogenated alkanes) is 1. The van der Waals surface area contributed by atoms with Crippen LogP contribution >= 0.6 is 0 Å². The Labute approximate surface area is 111 Å². The third-order valence-corrected chi connectivity index (χ3v) is 2.49. The average molecular weight is 269 g/mol. The topological polar surface area (TPSA) is 96.4 Å². The third kappa shape index (κ3) is 4.61. The normalized spacial score (nSPS) is 10.2. The Morgan fingerprint density at radius 2 is 2.21 bits per heavy atom. The Morgan fingerprint density at radius 1 is 1.47 bits per heavy atom. The molecule has 0 radical (unpaired) electrons. The fourth-order valence-corrected chi connectivity index (χ4v) is 1.64. The van der Waals surface area contributed by atoms with Gasteiger partial charge in [0.25, 0.3) is 5.56 Å². The quantitative estimate of drug-likeness (QED) is 0.574. The summed E-state index contributed by atoms with van der Waals surface area (Å²) in [7, 11) is 1.43. The van der Waals surface area contributed by atoms with Gasteiger partial charge in [0, 0.05) is 19.0 Å². The molecule has 19 heavy (non-hydrogen) atoms. The largest absolute Gasteiger partial charge is 0.468 e. The van der Waals surface area contributed by atoms with Crippen LogP contribution in [0.5, 0.6) is 6.01 Å². The van der Waals surface area contributed by atoms with Crippen molar-refractivity contribution in [3.05, 3.63) is 16.4 Å². The molecule has 0 aliphatic heterocycles. The third-order valence-electron chi connectivity index (χ3n) is 2.49. The van der Waals surface area contributed by atoms with Crippen LogP contribution in [-0.4, -0.2) is 29.2 Å². The van der Waals surface area contributed by atoms with Crippen molar-refractivity contribution in [1.82, 2.24) is 9.55 Å². The molecule has 106 valence electrons. The van der Waals surface area contributed by atoms with Gasteiger partial charge < -0.3 is 15.2 Å². The van der Waals surface area contributed by atoms with Crippen LogP contribution < -0.4 is 16.0 Å². The molecule has 0 aliphatic carbocycles. The van der Waals surface area contributed by atoms with Gasteiger partial charge in [-0.2, -0.15) is 4.98 Å². The second-order valence-electron chi connectivity index (χ2n) is 3.92. The zero-order valence-corrected chi connectivity index (χ0v) is 11.2. The summed E-state index contributed by atoms with van der Waals surface area (Å²) in [5.74, 6) is -0.0955. The zero-order valence-electron chi connectivity index (χ0n) is 11.2. The lowest BCUT2D eigenvalue weighted by atomic mass is 10.2. The zero-order chi connectivity index (χ0) is 14.3. The lowest BCUT2D eigenvalue weighted by Gasteiger charge is -2.10. The van der Waals surface area contributed by atoms with E-state index < -0.39 is 0 Å². The molecule has 7 heteroatoms. The standard InChI is InChI=1S/C12H19N3O4/c1-3-19-11(17)6-4-5-7-15-10(16)8-9(13)14-12(15)18-2/h8H,3-7,13H2,1-2H3. The number of methoxy groups -OCH3 is 1. The van der Waals surface area contributed by atoms with Gasteiger partial charge in [0.1, 0.15) is 5.82 Å². The Balaban J connectivity index is 2.54.